The second-order valence-corrected chi connectivity index (χ2v) is 2.27. The van der Waals surface area contributed by atoms with E-state index in [2.05, 4.69) is 10.3 Å². The van der Waals surface area contributed by atoms with Crippen LogP contribution in [0.4, 0.5) is 5.95 Å². The number of carbonyl (C=O) groups is 1. The van der Waals surface area contributed by atoms with Gasteiger partial charge in [-0.1, -0.05) is 0 Å². The molecule has 2 heterocycles. The van der Waals surface area contributed by atoms with Crippen LogP contribution in [0.5, 0.6) is 0 Å². The number of anilines is 1. The van der Waals surface area contributed by atoms with Crippen molar-refractivity contribution < 1.29 is 4.79 Å². The number of nitrogens with zero attached hydrogens (tertiary/aromatic N) is 2. The number of hydrogen-bond acceptors (Lipinski definition) is 3. The molecule has 0 bridgehead atoms. The van der Waals surface area contributed by atoms with Crippen LogP contribution in [0.3, 0.4) is 0 Å². The van der Waals surface area contributed by atoms with Crippen LogP contribution >= 0.6 is 0 Å². The maximum atomic E-state index is 10.8. The van der Waals surface area contributed by atoms with Crippen LogP contribution in [0.2, 0.25) is 0 Å². The van der Waals surface area contributed by atoms with Gasteiger partial charge in [0.05, 0.1) is 13.1 Å². The third kappa shape index (κ3) is 0.689. The van der Waals surface area contributed by atoms with Gasteiger partial charge >= 0.3 is 0 Å². The van der Waals surface area contributed by atoms with E-state index < -0.39 is 0 Å². The lowest BCUT2D eigenvalue weighted by Crippen LogP contribution is -2.26. The molecule has 1 aromatic heterocycles. The highest BCUT2D eigenvalue weighted by Crippen LogP contribution is 2.07. The highest BCUT2D eigenvalue weighted by atomic mass is 16.1. The SMILES string of the molecule is O=C1CNc2nccn2C1. The molecular weight excluding hydrogens is 130 g/mol. The summed E-state index contributed by atoms with van der Waals surface area (Å²) in [6.07, 6.45) is 3.47. The summed E-state index contributed by atoms with van der Waals surface area (Å²) in [5, 5.41) is 2.89. The summed E-state index contributed by atoms with van der Waals surface area (Å²) >= 11 is 0. The Bertz CT molecular complexity index is 266. The second kappa shape index (κ2) is 1.83. The fourth-order valence-corrected chi connectivity index (χ4v) is 1.03. The Morgan fingerprint density at radius 1 is 1.70 bits per heavy atom. The zero-order valence-electron chi connectivity index (χ0n) is 5.37. The molecule has 10 heavy (non-hydrogen) atoms. The number of ketones is 1. The highest BCUT2D eigenvalue weighted by molar-refractivity contribution is 5.84. The number of imidazole rings is 1. The summed E-state index contributed by atoms with van der Waals surface area (Å²) in [6.45, 7) is 0.874. The summed E-state index contributed by atoms with van der Waals surface area (Å²) in [5.41, 5.74) is 0. The predicted octanol–water partition coefficient (Wildman–Crippen LogP) is -0.122. The Morgan fingerprint density at radius 3 is 3.50 bits per heavy atom. The highest BCUT2D eigenvalue weighted by Gasteiger charge is 2.13. The molecule has 0 aliphatic carbocycles. The van der Waals surface area contributed by atoms with E-state index in [0.717, 1.165) is 5.95 Å². The van der Waals surface area contributed by atoms with Crippen molar-refractivity contribution in [1.29, 1.82) is 0 Å². The Labute approximate surface area is 57.9 Å². The van der Waals surface area contributed by atoms with Crippen molar-refractivity contribution in [3.63, 3.8) is 0 Å². The fourth-order valence-electron chi connectivity index (χ4n) is 1.03. The largest absolute Gasteiger partial charge is 0.348 e. The van der Waals surface area contributed by atoms with Crippen LogP contribution in [-0.4, -0.2) is 21.9 Å². The van der Waals surface area contributed by atoms with Crippen LogP contribution < -0.4 is 5.32 Å². The lowest BCUT2D eigenvalue weighted by molar-refractivity contribution is -0.118. The molecule has 1 aliphatic rings. The van der Waals surface area contributed by atoms with Gasteiger partial charge in [0.15, 0.2) is 5.78 Å². The molecule has 0 spiro atoms. The van der Waals surface area contributed by atoms with E-state index in [1.54, 1.807) is 17.0 Å². The van der Waals surface area contributed by atoms with Crippen molar-refractivity contribution in [2.75, 3.05) is 11.9 Å². The van der Waals surface area contributed by atoms with Gasteiger partial charge in [-0.05, 0) is 0 Å². The Morgan fingerprint density at radius 2 is 2.60 bits per heavy atom. The number of hydrogen-bond donors (Lipinski definition) is 1. The first-order valence-corrected chi connectivity index (χ1v) is 3.13. The molecule has 2 rings (SSSR count). The predicted molar refractivity (Wildman–Crippen MR) is 35.7 cm³/mol. The van der Waals surface area contributed by atoms with Crippen molar-refractivity contribution >= 4 is 11.7 Å². The molecule has 0 unspecified atom stereocenters. The molecule has 0 aromatic carbocycles. The zero-order chi connectivity index (χ0) is 6.97. The average Bonchev–Trinajstić information content (AvgIpc) is 2.33. The van der Waals surface area contributed by atoms with Crippen molar-refractivity contribution in [2.45, 2.75) is 6.54 Å². The van der Waals surface area contributed by atoms with Gasteiger partial charge < -0.3 is 9.88 Å². The molecule has 0 saturated heterocycles. The van der Waals surface area contributed by atoms with Crippen molar-refractivity contribution in [3.05, 3.63) is 12.4 Å². The third-order valence-corrected chi connectivity index (χ3v) is 1.51. The summed E-state index contributed by atoms with van der Waals surface area (Å²) in [4.78, 5) is 14.8. The molecular formula is C6H7N3O. The Hall–Kier alpha value is -1.32. The topological polar surface area (TPSA) is 46.9 Å². The monoisotopic (exact) mass is 137 g/mol. The number of nitrogens with one attached hydrogen (secondary N) is 1. The van der Waals surface area contributed by atoms with Crippen LogP contribution in [0, 0.1) is 0 Å². The van der Waals surface area contributed by atoms with Crippen molar-refractivity contribution in [1.82, 2.24) is 9.55 Å². The summed E-state index contributed by atoms with van der Waals surface area (Å²) in [7, 11) is 0. The molecule has 52 valence electrons. The summed E-state index contributed by atoms with van der Waals surface area (Å²) < 4.78 is 1.80. The van der Waals surface area contributed by atoms with E-state index in [9.17, 15) is 4.79 Å². The van der Waals surface area contributed by atoms with Gasteiger partial charge in [0.25, 0.3) is 0 Å². The normalized spacial score (nSPS) is 16.2. The van der Waals surface area contributed by atoms with E-state index >= 15 is 0 Å². The standard InChI is InChI=1S/C6H7N3O/c10-5-3-8-6-7-1-2-9(6)4-5/h1-2H,3-4H2,(H,7,8). The first-order chi connectivity index (χ1) is 4.86. The smallest absolute Gasteiger partial charge is 0.203 e. The van der Waals surface area contributed by atoms with Crippen LogP contribution in [0.1, 0.15) is 0 Å². The second-order valence-electron chi connectivity index (χ2n) is 2.27. The minimum absolute atomic E-state index is 0.200. The van der Waals surface area contributed by atoms with Crippen molar-refractivity contribution in [3.8, 4) is 0 Å². The maximum Gasteiger partial charge on any atom is 0.203 e. The first-order valence-electron chi connectivity index (χ1n) is 3.13. The van der Waals surface area contributed by atoms with Gasteiger partial charge in [-0.3, -0.25) is 4.79 Å². The maximum absolute atomic E-state index is 10.8. The first kappa shape index (κ1) is 5.46. The van der Waals surface area contributed by atoms with E-state index in [1.807, 2.05) is 0 Å². The Kier molecular flexibility index (Phi) is 1.00. The van der Waals surface area contributed by atoms with Crippen LogP contribution in [0.25, 0.3) is 0 Å². The van der Waals surface area contributed by atoms with E-state index in [1.165, 1.54) is 0 Å². The molecule has 1 N–H and O–H groups in total. The van der Waals surface area contributed by atoms with Crippen LogP contribution in [-0.2, 0) is 11.3 Å². The number of aromatic nitrogens is 2. The molecule has 4 heteroatoms. The molecule has 0 atom stereocenters. The minimum atomic E-state index is 0.200. The fraction of sp³-hybridized carbons (Fsp3) is 0.333. The quantitative estimate of drug-likeness (QED) is 0.542. The van der Waals surface area contributed by atoms with Crippen LogP contribution in [0.15, 0.2) is 12.4 Å². The van der Waals surface area contributed by atoms with Crippen molar-refractivity contribution in [2.24, 2.45) is 0 Å². The Balaban J connectivity index is 2.39. The zero-order valence-corrected chi connectivity index (χ0v) is 5.37. The van der Waals surface area contributed by atoms with Gasteiger partial charge in [0.2, 0.25) is 5.95 Å². The van der Waals surface area contributed by atoms with E-state index in [4.69, 9.17) is 0 Å². The molecule has 0 saturated carbocycles. The minimum Gasteiger partial charge on any atom is -0.348 e. The number of rotatable bonds is 0. The number of Topliss-reactive ketones (excluding diaryl/α,β-unsaturated/α-hetero) is 1. The van der Waals surface area contributed by atoms with Gasteiger partial charge in [0.1, 0.15) is 0 Å². The lowest BCUT2D eigenvalue weighted by atomic mass is 10.3. The van der Waals surface area contributed by atoms with Gasteiger partial charge in [0, 0.05) is 12.4 Å². The molecule has 1 aromatic rings. The van der Waals surface area contributed by atoms with E-state index in [0.29, 0.717) is 13.1 Å². The molecule has 0 fully saturated rings. The molecule has 4 nitrogen and oxygen atoms in total. The summed E-state index contributed by atoms with van der Waals surface area (Å²) in [6, 6.07) is 0. The summed E-state index contributed by atoms with van der Waals surface area (Å²) in [5.74, 6) is 0.991. The lowest BCUT2D eigenvalue weighted by Gasteiger charge is -2.13. The average molecular weight is 137 g/mol. The van der Waals surface area contributed by atoms with Gasteiger partial charge in [-0.15, -0.1) is 0 Å². The number of carbonyl (C=O) groups excluding carboxylic acids is 1. The number of fused-ring (bicyclic) bond motifs is 1. The van der Waals surface area contributed by atoms with E-state index in [-0.39, 0.29) is 5.78 Å². The third-order valence-electron chi connectivity index (χ3n) is 1.51. The van der Waals surface area contributed by atoms with Gasteiger partial charge in [-0.25, -0.2) is 4.98 Å². The van der Waals surface area contributed by atoms with Gasteiger partial charge in [-0.2, -0.15) is 0 Å². The molecule has 0 radical (unpaired) electrons. The molecule has 1 aliphatic heterocycles. The molecule has 0 amide bonds.